The van der Waals surface area contributed by atoms with Gasteiger partial charge in [0.05, 0.1) is 17.7 Å². The minimum absolute atomic E-state index is 0.0902. The predicted molar refractivity (Wildman–Crippen MR) is 81.5 cm³/mol. The van der Waals surface area contributed by atoms with Gasteiger partial charge in [-0.2, -0.15) is 0 Å². The summed E-state index contributed by atoms with van der Waals surface area (Å²) in [5, 5.41) is 12.6. The van der Waals surface area contributed by atoms with Gasteiger partial charge < -0.3 is 5.32 Å². The molecule has 0 spiro atoms. The first-order chi connectivity index (χ1) is 8.92. The molecular weight excluding hydrogens is 254 g/mol. The molecule has 19 heavy (non-hydrogen) atoms. The normalized spacial score (nSPS) is 12.1. The highest BCUT2D eigenvalue weighted by atomic mass is 32.2. The van der Waals surface area contributed by atoms with Crippen LogP contribution in [0.5, 0.6) is 0 Å². The van der Waals surface area contributed by atoms with E-state index in [4.69, 9.17) is 11.8 Å². The zero-order chi connectivity index (χ0) is 14.5. The van der Waals surface area contributed by atoms with Crippen molar-refractivity contribution in [3.63, 3.8) is 0 Å². The van der Waals surface area contributed by atoms with Crippen LogP contribution in [0.2, 0.25) is 0 Å². The van der Waals surface area contributed by atoms with Crippen LogP contribution in [-0.2, 0) is 5.41 Å². The average molecular weight is 271 g/mol. The van der Waals surface area contributed by atoms with E-state index >= 15 is 0 Å². The molecule has 0 aromatic heterocycles. The Hall–Kier alpha value is -1.91. The van der Waals surface area contributed by atoms with E-state index in [0.29, 0.717) is 5.03 Å². The molecule has 0 amide bonds. The van der Waals surface area contributed by atoms with Crippen molar-refractivity contribution in [1.29, 1.82) is 5.26 Å². The third-order valence-electron chi connectivity index (χ3n) is 2.65. The molecule has 0 heterocycles. The summed E-state index contributed by atoms with van der Waals surface area (Å²) in [4.78, 5) is 3.22. The van der Waals surface area contributed by atoms with Crippen molar-refractivity contribution in [3.8, 4) is 6.07 Å². The maximum Gasteiger partial charge on any atom is 0.290 e. The minimum atomic E-state index is 0.0902. The Labute approximate surface area is 119 Å². The van der Waals surface area contributed by atoms with Gasteiger partial charge in [-0.25, -0.2) is 10.1 Å². The molecule has 0 bridgehead atoms. The largest absolute Gasteiger partial charge is 0.358 e. The monoisotopic (exact) mass is 271 g/mol. The number of hydrogen-bond acceptors (Lipinski definition) is 3. The van der Waals surface area contributed by atoms with Crippen molar-refractivity contribution in [2.24, 2.45) is 0 Å². The standard InChI is InChI=1S/C15H17N3S/c1-15(2,3)11-6-8-12(9-7-11)18-14(19-5)13(10-16)17-4/h6-9,18H,1-3,5H3/b14-13+. The van der Waals surface area contributed by atoms with Gasteiger partial charge in [-0.1, -0.05) is 32.9 Å². The van der Waals surface area contributed by atoms with Crippen LogP contribution in [0.3, 0.4) is 0 Å². The molecule has 0 atom stereocenters. The van der Waals surface area contributed by atoms with Crippen LogP contribution in [0.4, 0.5) is 5.69 Å². The number of anilines is 1. The highest BCUT2D eigenvalue weighted by molar-refractivity contribution is 8.02. The number of benzene rings is 1. The van der Waals surface area contributed by atoms with E-state index in [0.717, 1.165) is 5.69 Å². The Balaban J connectivity index is 2.99. The van der Waals surface area contributed by atoms with Crippen molar-refractivity contribution in [1.82, 2.24) is 0 Å². The molecule has 0 saturated carbocycles. The Kier molecular flexibility index (Phi) is 5.03. The molecule has 3 nitrogen and oxygen atoms in total. The predicted octanol–water partition coefficient (Wildman–Crippen LogP) is 4.37. The lowest BCUT2D eigenvalue weighted by atomic mass is 9.87. The molecule has 0 aliphatic heterocycles. The summed E-state index contributed by atoms with van der Waals surface area (Å²) in [5.41, 5.74) is 2.34. The fourth-order valence-corrected chi connectivity index (χ4v) is 2.02. The van der Waals surface area contributed by atoms with Crippen molar-refractivity contribution >= 4 is 17.4 Å². The lowest BCUT2D eigenvalue weighted by Gasteiger charge is -2.19. The molecule has 0 saturated heterocycles. The van der Waals surface area contributed by atoms with Gasteiger partial charge in [0.25, 0.3) is 5.70 Å². The third-order valence-corrected chi connectivity index (χ3v) is 3.35. The smallest absolute Gasteiger partial charge is 0.290 e. The maximum atomic E-state index is 8.88. The zero-order valence-corrected chi connectivity index (χ0v) is 12.4. The molecule has 1 aromatic carbocycles. The Morgan fingerprint density at radius 1 is 1.32 bits per heavy atom. The fraction of sp³-hybridized carbons (Fsp3) is 0.333. The van der Waals surface area contributed by atoms with Crippen LogP contribution >= 0.6 is 11.8 Å². The summed E-state index contributed by atoms with van der Waals surface area (Å²) in [7, 11) is 0. The quantitative estimate of drug-likeness (QED) is 0.655. The van der Waals surface area contributed by atoms with E-state index < -0.39 is 0 Å². The molecule has 0 aliphatic rings. The number of nitrogens with zero attached hydrogens (tertiary/aromatic N) is 2. The molecule has 0 fully saturated rings. The van der Waals surface area contributed by atoms with Gasteiger partial charge in [0.1, 0.15) is 0 Å². The summed E-state index contributed by atoms with van der Waals surface area (Å²) >= 11 is 1.36. The van der Waals surface area contributed by atoms with E-state index in [2.05, 4.69) is 43.1 Å². The SMILES string of the molecule is [C-]#[N+]/C(C#N)=C(\Nc1ccc(C(C)(C)C)cc1)SC. The summed E-state index contributed by atoms with van der Waals surface area (Å²) in [6.07, 6.45) is 1.84. The van der Waals surface area contributed by atoms with E-state index in [-0.39, 0.29) is 11.1 Å². The summed E-state index contributed by atoms with van der Waals surface area (Å²) in [6, 6.07) is 9.96. The molecule has 1 aromatic rings. The number of rotatable bonds is 3. The second kappa shape index (κ2) is 6.31. The maximum absolute atomic E-state index is 8.88. The van der Waals surface area contributed by atoms with Gasteiger partial charge in [0.15, 0.2) is 0 Å². The lowest BCUT2D eigenvalue weighted by Crippen LogP contribution is -2.10. The van der Waals surface area contributed by atoms with Crippen LogP contribution in [0.25, 0.3) is 4.85 Å². The highest BCUT2D eigenvalue weighted by Gasteiger charge is 2.13. The molecule has 4 heteroatoms. The van der Waals surface area contributed by atoms with E-state index in [9.17, 15) is 0 Å². The van der Waals surface area contributed by atoms with E-state index in [1.807, 2.05) is 24.5 Å². The Morgan fingerprint density at radius 3 is 2.26 bits per heavy atom. The summed E-state index contributed by atoms with van der Waals surface area (Å²) in [5.74, 6) is 0. The van der Waals surface area contributed by atoms with Crippen LogP contribution in [0, 0.1) is 17.9 Å². The average Bonchev–Trinajstić information content (AvgIpc) is 2.38. The first-order valence-corrected chi connectivity index (χ1v) is 7.08. The number of nitrogens with one attached hydrogen (secondary N) is 1. The van der Waals surface area contributed by atoms with Crippen molar-refractivity contribution in [3.05, 3.63) is 52.0 Å². The van der Waals surface area contributed by atoms with Crippen LogP contribution in [0.1, 0.15) is 26.3 Å². The molecule has 1 rings (SSSR count). The first-order valence-electron chi connectivity index (χ1n) is 5.85. The lowest BCUT2D eigenvalue weighted by molar-refractivity contribution is 0.590. The van der Waals surface area contributed by atoms with Crippen molar-refractivity contribution in [2.45, 2.75) is 26.2 Å². The molecule has 0 aliphatic carbocycles. The fourth-order valence-electron chi connectivity index (χ4n) is 1.52. The first kappa shape index (κ1) is 15.1. The van der Waals surface area contributed by atoms with Gasteiger partial charge >= 0.3 is 0 Å². The molecular formula is C15H17N3S. The van der Waals surface area contributed by atoms with E-state index in [1.54, 1.807) is 0 Å². The topological polar surface area (TPSA) is 40.2 Å². The molecule has 1 N–H and O–H groups in total. The minimum Gasteiger partial charge on any atom is -0.358 e. The number of hydrogen-bond donors (Lipinski definition) is 1. The van der Waals surface area contributed by atoms with Gasteiger partial charge in [0.2, 0.25) is 0 Å². The summed E-state index contributed by atoms with van der Waals surface area (Å²) < 4.78 is 0. The Morgan fingerprint density at radius 2 is 1.89 bits per heavy atom. The van der Waals surface area contributed by atoms with Crippen molar-refractivity contribution < 1.29 is 0 Å². The second-order valence-electron chi connectivity index (χ2n) is 5.06. The van der Waals surface area contributed by atoms with Crippen molar-refractivity contribution in [2.75, 3.05) is 11.6 Å². The van der Waals surface area contributed by atoms with Crippen LogP contribution < -0.4 is 5.32 Å². The van der Waals surface area contributed by atoms with Crippen LogP contribution in [0.15, 0.2) is 35.0 Å². The van der Waals surface area contributed by atoms with Gasteiger partial charge in [-0.3, -0.25) is 0 Å². The molecule has 98 valence electrons. The van der Waals surface area contributed by atoms with Gasteiger partial charge in [-0.05, 0) is 29.4 Å². The van der Waals surface area contributed by atoms with Gasteiger partial charge in [-0.15, -0.1) is 11.8 Å². The number of allylic oxidation sites excluding steroid dienone is 1. The van der Waals surface area contributed by atoms with E-state index in [1.165, 1.54) is 17.3 Å². The molecule has 0 unspecified atom stereocenters. The highest BCUT2D eigenvalue weighted by Crippen LogP contribution is 2.26. The summed E-state index contributed by atoms with van der Waals surface area (Å²) in [6.45, 7) is 13.5. The zero-order valence-electron chi connectivity index (χ0n) is 11.6. The Bertz CT molecular complexity index is 535. The third kappa shape index (κ3) is 4.05. The molecule has 0 radical (unpaired) electrons. The van der Waals surface area contributed by atoms with Crippen LogP contribution in [-0.4, -0.2) is 6.26 Å². The van der Waals surface area contributed by atoms with Gasteiger partial charge in [0, 0.05) is 5.69 Å². The number of thioether (sulfide) groups is 1. The second-order valence-corrected chi connectivity index (χ2v) is 5.87. The number of nitriles is 1.